The van der Waals surface area contributed by atoms with Crippen LogP contribution in [0.4, 0.5) is 5.69 Å². The Bertz CT molecular complexity index is 1070. The Morgan fingerprint density at radius 3 is 2.29 bits per heavy atom. The van der Waals surface area contributed by atoms with Crippen molar-refractivity contribution in [3.63, 3.8) is 0 Å². The molecule has 0 aliphatic carbocycles. The lowest BCUT2D eigenvalue weighted by atomic mass is 9.95. The maximum atomic E-state index is 12.8. The molecule has 0 unspecified atom stereocenters. The summed E-state index contributed by atoms with van der Waals surface area (Å²) in [5.74, 6) is -1.41. The molecular formula is C23H20N2O6. The lowest BCUT2D eigenvalue weighted by Gasteiger charge is -2.24. The number of non-ortho nitro benzene ring substituents is 1. The van der Waals surface area contributed by atoms with Gasteiger partial charge in [-0.3, -0.25) is 19.7 Å². The number of ketones is 1. The van der Waals surface area contributed by atoms with Gasteiger partial charge in [-0.2, -0.15) is 0 Å². The number of carbonyl (C=O) groups is 2. The molecule has 1 fully saturated rings. The second kappa shape index (κ2) is 9.08. The van der Waals surface area contributed by atoms with Crippen molar-refractivity contribution in [1.82, 2.24) is 4.90 Å². The van der Waals surface area contributed by atoms with Gasteiger partial charge in [-0.15, -0.1) is 6.58 Å². The zero-order valence-electron chi connectivity index (χ0n) is 16.6. The topological polar surface area (TPSA) is 110 Å². The fourth-order valence-electron chi connectivity index (χ4n) is 3.35. The lowest BCUT2D eigenvalue weighted by Crippen LogP contribution is -2.29. The summed E-state index contributed by atoms with van der Waals surface area (Å²) >= 11 is 0. The zero-order chi connectivity index (χ0) is 22.5. The van der Waals surface area contributed by atoms with E-state index < -0.39 is 22.7 Å². The van der Waals surface area contributed by atoms with Crippen molar-refractivity contribution in [2.45, 2.75) is 6.04 Å². The number of ether oxygens (including phenoxy) is 1. The molecule has 0 aromatic heterocycles. The number of rotatable bonds is 8. The number of hydrogen-bond donors (Lipinski definition) is 1. The highest BCUT2D eigenvalue weighted by atomic mass is 16.6. The molecule has 1 N–H and O–H groups in total. The van der Waals surface area contributed by atoms with Gasteiger partial charge < -0.3 is 14.7 Å². The first-order chi connectivity index (χ1) is 14.9. The molecule has 0 radical (unpaired) electrons. The van der Waals surface area contributed by atoms with Crippen LogP contribution in [0.25, 0.3) is 5.76 Å². The minimum absolute atomic E-state index is 0.0668. The van der Waals surface area contributed by atoms with Crippen LogP contribution in [0.1, 0.15) is 17.2 Å². The molecule has 1 atom stereocenters. The highest BCUT2D eigenvalue weighted by Gasteiger charge is 2.45. The third-order valence-electron chi connectivity index (χ3n) is 4.78. The fourth-order valence-corrected chi connectivity index (χ4v) is 3.35. The third-order valence-corrected chi connectivity index (χ3v) is 4.78. The molecule has 158 valence electrons. The molecule has 2 aromatic rings. The quantitative estimate of drug-likeness (QED) is 0.174. The zero-order valence-corrected chi connectivity index (χ0v) is 16.6. The summed E-state index contributed by atoms with van der Waals surface area (Å²) in [7, 11) is 0. The van der Waals surface area contributed by atoms with Crippen LogP contribution in [0.15, 0.2) is 79.4 Å². The molecule has 1 aliphatic heterocycles. The SMILES string of the molecule is C=CCOc1ccc(C(O)=C2C(=O)C(=O)N(CC=C)[C@H]2c2ccc([N+](=O)[O-])cc2)cc1. The van der Waals surface area contributed by atoms with Crippen molar-refractivity contribution in [1.29, 1.82) is 0 Å². The first kappa shape index (κ1) is 21.5. The molecule has 0 spiro atoms. The summed E-state index contributed by atoms with van der Waals surface area (Å²) in [4.78, 5) is 37.1. The van der Waals surface area contributed by atoms with E-state index in [1.54, 1.807) is 30.3 Å². The molecular weight excluding hydrogens is 400 g/mol. The number of amides is 1. The van der Waals surface area contributed by atoms with Gasteiger partial charge >= 0.3 is 0 Å². The maximum Gasteiger partial charge on any atom is 0.295 e. The monoisotopic (exact) mass is 420 g/mol. The van der Waals surface area contributed by atoms with Gasteiger partial charge in [-0.1, -0.05) is 18.7 Å². The fraction of sp³-hybridized carbons (Fsp3) is 0.130. The molecule has 31 heavy (non-hydrogen) atoms. The molecule has 1 amide bonds. The largest absolute Gasteiger partial charge is 0.507 e. The van der Waals surface area contributed by atoms with E-state index in [0.29, 0.717) is 23.5 Å². The van der Waals surface area contributed by atoms with Crippen LogP contribution in [-0.4, -0.2) is 39.8 Å². The van der Waals surface area contributed by atoms with Crippen LogP contribution in [-0.2, 0) is 9.59 Å². The van der Waals surface area contributed by atoms with Crippen LogP contribution in [0.2, 0.25) is 0 Å². The van der Waals surface area contributed by atoms with Crippen LogP contribution in [0.5, 0.6) is 5.75 Å². The van der Waals surface area contributed by atoms with E-state index in [1.165, 1.54) is 35.2 Å². The number of Topliss-reactive ketones (excluding diaryl/α,β-unsaturated/α-hetero) is 1. The highest BCUT2D eigenvalue weighted by Crippen LogP contribution is 2.39. The van der Waals surface area contributed by atoms with Crippen molar-refractivity contribution >= 4 is 23.1 Å². The van der Waals surface area contributed by atoms with E-state index in [0.717, 1.165) is 0 Å². The molecule has 0 saturated carbocycles. The maximum absolute atomic E-state index is 12.8. The Kier molecular flexibility index (Phi) is 6.30. The number of aliphatic hydroxyl groups is 1. The van der Waals surface area contributed by atoms with Crippen LogP contribution in [0, 0.1) is 10.1 Å². The van der Waals surface area contributed by atoms with Gasteiger partial charge in [-0.25, -0.2) is 0 Å². The van der Waals surface area contributed by atoms with E-state index in [-0.39, 0.29) is 23.6 Å². The third kappa shape index (κ3) is 4.23. The summed E-state index contributed by atoms with van der Waals surface area (Å²) in [6.45, 7) is 7.57. The minimum Gasteiger partial charge on any atom is -0.507 e. The van der Waals surface area contributed by atoms with E-state index >= 15 is 0 Å². The average Bonchev–Trinajstić information content (AvgIpc) is 3.03. The molecule has 3 rings (SSSR count). The van der Waals surface area contributed by atoms with Crippen molar-refractivity contribution in [2.24, 2.45) is 0 Å². The molecule has 1 saturated heterocycles. The number of likely N-dealkylation sites (tertiary alicyclic amines) is 1. The number of nitro groups is 1. The van der Waals surface area contributed by atoms with Gasteiger partial charge in [0.15, 0.2) is 0 Å². The molecule has 8 heteroatoms. The number of nitro benzene ring substituents is 1. The van der Waals surface area contributed by atoms with E-state index in [4.69, 9.17) is 4.74 Å². The van der Waals surface area contributed by atoms with Crippen molar-refractivity contribution in [2.75, 3.05) is 13.2 Å². The Morgan fingerprint density at radius 1 is 1.10 bits per heavy atom. The van der Waals surface area contributed by atoms with E-state index in [9.17, 15) is 24.8 Å². The number of nitrogens with zero attached hydrogens (tertiary/aromatic N) is 2. The number of aliphatic hydroxyl groups excluding tert-OH is 1. The minimum atomic E-state index is -0.907. The van der Waals surface area contributed by atoms with Gasteiger partial charge in [0.2, 0.25) is 0 Å². The molecule has 0 bridgehead atoms. The Labute approximate surface area is 178 Å². The van der Waals surface area contributed by atoms with Crippen molar-refractivity contribution in [3.05, 3.63) is 101 Å². The summed E-state index contributed by atoms with van der Waals surface area (Å²) < 4.78 is 5.41. The second-order valence-corrected chi connectivity index (χ2v) is 6.71. The van der Waals surface area contributed by atoms with Crippen LogP contribution in [0.3, 0.4) is 0 Å². The summed E-state index contributed by atoms with van der Waals surface area (Å²) in [6, 6.07) is 11.0. The predicted molar refractivity (Wildman–Crippen MR) is 114 cm³/mol. The standard InChI is InChI=1S/C23H20N2O6/c1-3-13-24-20(15-5-9-17(10-6-15)25(29)30)19(22(27)23(24)28)21(26)16-7-11-18(12-8-16)31-14-4-2/h3-12,20,26H,1-2,13-14H2/t20-/m0/s1. The normalized spacial score (nSPS) is 17.4. The Morgan fingerprint density at radius 2 is 1.74 bits per heavy atom. The smallest absolute Gasteiger partial charge is 0.295 e. The van der Waals surface area contributed by atoms with Crippen LogP contribution >= 0.6 is 0 Å². The van der Waals surface area contributed by atoms with E-state index in [2.05, 4.69) is 13.2 Å². The Balaban J connectivity index is 2.08. The number of benzene rings is 2. The van der Waals surface area contributed by atoms with Gasteiger partial charge in [0.1, 0.15) is 18.1 Å². The van der Waals surface area contributed by atoms with Crippen molar-refractivity contribution < 1.29 is 24.4 Å². The van der Waals surface area contributed by atoms with Crippen LogP contribution < -0.4 is 4.74 Å². The summed E-state index contributed by atoms with van der Waals surface area (Å²) in [5, 5.41) is 21.9. The second-order valence-electron chi connectivity index (χ2n) is 6.71. The van der Waals surface area contributed by atoms with Crippen molar-refractivity contribution in [3.8, 4) is 5.75 Å². The van der Waals surface area contributed by atoms with Gasteiger partial charge in [0, 0.05) is 24.2 Å². The highest BCUT2D eigenvalue weighted by molar-refractivity contribution is 6.46. The molecule has 2 aromatic carbocycles. The lowest BCUT2D eigenvalue weighted by molar-refractivity contribution is -0.384. The molecule has 1 heterocycles. The van der Waals surface area contributed by atoms with Gasteiger partial charge in [-0.05, 0) is 42.0 Å². The van der Waals surface area contributed by atoms with E-state index in [1.807, 2.05) is 0 Å². The summed E-state index contributed by atoms with van der Waals surface area (Å²) in [6.07, 6.45) is 3.06. The summed E-state index contributed by atoms with van der Waals surface area (Å²) in [5.41, 5.74) is 0.564. The van der Waals surface area contributed by atoms with Gasteiger partial charge in [0.25, 0.3) is 17.4 Å². The average molecular weight is 420 g/mol. The Hall–Kier alpha value is -4.20. The molecule has 8 nitrogen and oxygen atoms in total. The van der Waals surface area contributed by atoms with Gasteiger partial charge in [0.05, 0.1) is 16.5 Å². The number of hydrogen-bond acceptors (Lipinski definition) is 6. The predicted octanol–water partition coefficient (Wildman–Crippen LogP) is 3.77. The molecule has 1 aliphatic rings. The first-order valence-electron chi connectivity index (χ1n) is 9.36. The first-order valence-corrected chi connectivity index (χ1v) is 9.36. The number of carbonyl (C=O) groups excluding carboxylic acids is 2.